The maximum Gasteiger partial charge on any atom is 0.150 e. The van der Waals surface area contributed by atoms with Crippen molar-refractivity contribution in [3.63, 3.8) is 0 Å². The molecule has 1 saturated heterocycles. The lowest BCUT2D eigenvalue weighted by molar-refractivity contribution is 0.112. The SMILES string of the molecule is CCN(CC)C1CCN(c2ccc(C=O)cc2)C1. The Morgan fingerprint density at radius 1 is 1.28 bits per heavy atom. The summed E-state index contributed by atoms with van der Waals surface area (Å²) < 4.78 is 0. The molecular weight excluding hydrogens is 224 g/mol. The van der Waals surface area contributed by atoms with Gasteiger partial charge < -0.3 is 4.90 Å². The fourth-order valence-corrected chi connectivity index (χ4v) is 2.78. The Balaban J connectivity index is 2.01. The Bertz CT molecular complexity index is 384. The summed E-state index contributed by atoms with van der Waals surface area (Å²) in [6.45, 7) is 8.91. The van der Waals surface area contributed by atoms with E-state index >= 15 is 0 Å². The molecule has 1 unspecified atom stereocenters. The van der Waals surface area contributed by atoms with Crippen LogP contribution in [0, 0.1) is 0 Å². The molecule has 1 aromatic carbocycles. The molecule has 0 N–H and O–H groups in total. The summed E-state index contributed by atoms with van der Waals surface area (Å²) in [6, 6.07) is 8.56. The topological polar surface area (TPSA) is 23.6 Å². The third kappa shape index (κ3) is 2.72. The predicted molar refractivity (Wildman–Crippen MR) is 75.4 cm³/mol. The number of hydrogen-bond donors (Lipinski definition) is 0. The average Bonchev–Trinajstić information content (AvgIpc) is 2.90. The van der Waals surface area contributed by atoms with Gasteiger partial charge in [0.05, 0.1) is 0 Å². The second kappa shape index (κ2) is 6.01. The van der Waals surface area contributed by atoms with Crippen LogP contribution in [0.4, 0.5) is 5.69 Å². The lowest BCUT2D eigenvalue weighted by Crippen LogP contribution is -2.37. The second-order valence-corrected chi connectivity index (χ2v) is 4.82. The fourth-order valence-electron chi connectivity index (χ4n) is 2.78. The zero-order valence-electron chi connectivity index (χ0n) is 11.3. The number of aldehydes is 1. The zero-order chi connectivity index (χ0) is 13.0. The first-order chi connectivity index (χ1) is 8.78. The van der Waals surface area contributed by atoms with Gasteiger partial charge in [0, 0.05) is 30.4 Å². The van der Waals surface area contributed by atoms with Crippen molar-refractivity contribution in [2.45, 2.75) is 26.3 Å². The highest BCUT2D eigenvalue weighted by atomic mass is 16.1. The van der Waals surface area contributed by atoms with E-state index in [1.165, 1.54) is 12.1 Å². The van der Waals surface area contributed by atoms with Crippen molar-refractivity contribution in [3.8, 4) is 0 Å². The van der Waals surface area contributed by atoms with Gasteiger partial charge in [-0.05, 0) is 43.8 Å². The average molecular weight is 246 g/mol. The smallest absolute Gasteiger partial charge is 0.150 e. The molecule has 1 atom stereocenters. The van der Waals surface area contributed by atoms with Crippen LogP contribution in [0.2, 0.25) is 0 Å². The molecule has 1 aliphatic rings. The van der Waals surface area contributed by atoms with Crippen molar-refractivity contribution in [2.75, 3.05) is 31.1 Å². The van der Waals surface area contributed by atoms with E-state index in [0.29, 0.717) is 6.04 Å². The number of carbonyl (C=O) groups is 1. The van der Waals surface area contributed by atoms with Gasteiger partial charge in [0.1, 0.15) is 6.29 Å². The monoisotopic (exact) mass is 246 g/mol. The molecule has 98 valence electrons. The minimum absolute atomic E-state index is 0.672. The first kappa shape index (κ1) is 13.1. The van der Waals surface area contributed by atoms with Crippen LogP contribution in [-0.2, 0) is 0 Å². The molecule has 1 aromatic rings. The fraction of sp³-hybridized carbons (Fsp3) is 0.533. The van der Waals surface area contributed by atoms with Gasteiger partial charge in [-0.3, -0.25) is 9.69 Å². The van der Waals surface area contributed by atoms with E-state index < -0.39 is 0 Å². The number of hydrogen-bond acceptors (Lipinski definition) is 3. The molecule has 0 aromatic heterocycles. The van der Waals surface area contributed by atoms with E-state index in [9.17, 15) is 4.79 Å². The van der Waals surface area contributed by atoms with Gasteiger partial charge in [-0.1, -0.05) is 13.8 Å². The second-order valence-electron chi connectivity index (χ2n) is 4.82. The van der Waals surface area contributed by atoms with Gasteiger partial charge in [0.25, 0.3) is 0 Å². The van der Waals surface area contributed by atoms with E-state index in [-0.39, 0.29) is 0 Å². The summed E-state index contributed by atoms with van der Waals surface area (Å²) >= 11 is 0. The largest absolute Gasteiger partial charge is 0.370 e. The highest BCUT2D eigenvalue weighted by Gasteiger charge is 2.26. The van der Waals surface area contributed by atoms with E-state index in [1.807, 2.05) is 24.3 Å². The van der Waals surface area contributed by atoms with Gasteiger partial charge in [-0.15, -0.1) is 0 Å². The Kier molecular flexibility index (Phi) is 4.37. The van der Waals surface area contributed by atoms with Crippen LogP contribution in [0.15, 0.2) is 24.3 Å². The Morgan fingerprint density at radius 2 is 1.94 bits per heavy atom. The molecule has 0 spiro atoms. The molecule has 2 rings (SSSR count). The van der Waals surface area contributed by atoms with Gasteiger partial charge in [0.2, 0.25) is 0 Å². The minimum atomic E-state index is 0.672. The number of carbonyl (C=O) groups excluding carboxylic acids is 1. The normalized spacial score (nSPS) is 19.5. The molecular formula is C15H22N2O. The summed E-state index contributed by atoms with van der Waals surface area (Å²) in [6.07, 6.45) is 2.13. The highest BCUT2D eigenvalue weighted by molar-refractivity contribution is 5.75. The van der Waals surface area contributed by atoms with Crippen molar-refractivity contribution < 1.29 is 4.79 Å². The summed E-state index contributed by atoms with van der Waals surface area (Å²) in [5, 5.41) is 0. The molecule has 0 radical (unpaired) electrons. The van der Waals surface area contributed by atoms with E-state index in [2.05, 4.69) is 23.6 Å². The number of rotatable bonds is 5. The maximum atomic E-state index is 10.6. The minimum Gasteiger partial charge on any atom is -0.370 e. The van der Waals surface area contributed by atoms with E-state index in [4.69, 9.17) is 0 Å². The van der Waals surface area contributed by atoms with Crippen LogP contribution in [0.5, 0.6) is 0 Å². The molecule has 1 fully saturated rings. The van der Waals surface area contributed by atoms with Crippen LogP contribution < -0.4 is 4.90 Å². The number of benzene rings is 1. The Morgan fingerprint density at radius 3 is 2.50 bits per heavy atom. The quantitative estimate of drug-likeness (QED) is 0.745. The van der Waals surface area contributed by atoms with Crippen molar-refractivity contribution >= 4 is 12.0 Å². The van der Waals surface area contributed by atoms with Gasteiger partial charge in [0.15, 0.2) is 0 Å². The van der Waals surface area contributed by atoms with Gasteiger partial charge >= 0.3 is 0 Å². The lowest BCUT2D eigenvalue weighted by Gasteiger charge is -2.26. The van der Waals surface area contributed by atoms with Crippen molar-refractivity contribution in [2.24, 2.45) is 0 Å². The summed E-state index contributed by atoms with van der Waals surface area (Å²) in [5.41, 5.74) is 1.98. The van der Waals surface area contributed by atoms with Gasteiger partial charge in [-0.25, -0.2) is 0 Å². The maximum absolute atomic E-state index is 10.6. The highest BCUT2D eigenvalue weighted by Crippen LogP contribution is 2.23. The number of nitrogens with zero attached hydrogens (tertiary/aromatic N) is 2. The standard InChI is InChI=1S/C15H22N2O/c1-3-16(4-2)15-9-10-17(11-15)14-7-5-13(12-18)6-8-14/h5-8,12,15H,3-4,9-11H2,1-2H3. The molecule has 18 heavy (non-hydrogen) atoms. The zero-order valence-corrected chi connectivity index (χ0v) is 11.3. The first-order valence-corrected chi connectivity index (χ1v) is 6.82. The molecule has 3 nitrogen and oxygen atoms in total. The van der Waals surface area contributed by atoms with Crippen LogP contribution in [0.3, 0.4) is 0 Å². The lowest BCUT2D eigenvalue weighted by atomic mass is 10.2. The van der Waals surface area contributed by atoms with Crippen LogP contribution >= 0.6 is 0 Å². The first-order valence-electron chi connectivity index (χ1n) is 6.82. The van der Waals surface area contributed by atoms with Crippen LogP contribution in [0.1, 0.15) is 30.6 Å². The molecule has 3 heteroatoms. The third-order valence-corrected chi connectivity index (χ3v) is 3.89. The molecule has 0 aliphatic carbocycles. The Hall–Kier alpha value is -1.35. The number of likely N-dealkylation sites (N-methyl/N-ethyl adjacent to an activating group) is 1. The van der Waals surface area contributed by atoms with E-state index in [1.54, 1.807) is 0 Å². The van der Waals surface area contributed by atoms with E-state index in [0.717, 1.165) is 38.0 Å². The molecule has 0 amide bonds. The molecule has 1 aliphatic heterocycles. The molecule has 1 heterocycles. The molecule has 0 saturated carbocycles. The van der Waals surface area contributed by atoms with Crippen molar-refractivity contribution in [1.29, 1.82) is 0 Å². The van der Waals surface area contributed by atoms with Crippen LogP contribution in [-0.4, -0.2) is 43.4 Å². The summed E-state index contributed by atoms with van der Waals surface area (Å²) in [7, 11) is 0. The van der Waals surface area contributed by atoms with Crippen molar-refractivity contribution in [3.05, 3.63) is 29.8 Å². The third-order valence-electron chi connectivity index (χ3n) is 3.89. The summed E-state index contributed by atoms with van der Waals surface area (Å²) in [5.74, 6) is 0. The number of anilines is 1. The summed E-state index contributed by atoms with van der Waals surface area (Å²) in [4.78, 5) is 15.6. The van der Waals surface area contributed by atoms with Crippen molar-refractivity contribution in [1.82, 2.24) is 4.90 Å². The predicted octanol–water partition coefficient (Wildman–Crippen LogP) is 2.42. The molecule has 0 bridgehead atoms. The van der Waals surface area contributed by atoms with Crippen LogP contribution in [0.25, 0.3) is 0 Å². The van der Waals surface area contributed by atoms with Gasteiger partial charge in [-0.2, -0.15) is 0 Å². The Labute approximate surface area is 109 Å².